The molecule has 0 unspecified atom stereocenters. The first-order valence-electron chi connectivity index (χ1n) is 2.85. The summed E-state index contributed by atoms with van der Waals surface area (Å²) < 4.78 is 4.84. The first-order valence-corrected chi connectivity index (χ1v) is 8.10. The summed E-state index contributed by atoms with van der Waals surface area (Å²) in [7, 11) is 0. The molecule has 0 saturated heterocycles. The first-order chi connectivity index (χ1) is 4.56. The van der Waals surface area contributed by atoms with Crippen LogP contribution in [-0.4, -0.2) is 12.6 Å². The minimum atomic E-state index is -2.40. The Morgan fingerprint density at radius 3 is 2.40 bits per heavy atom. The van der Waals surface area contributed by atoms with Gasteiger partial charge in [-0.15, -0.1) is 33.2 Å². The van der Waals surface area contributed by atoms with E-state index in [-0.39, 0.29) is 0 Å². The highest BCUT2D eigenvalue weighted by atomic mass is 35.8. The molecular formula is C5H9Cl3OSi. The van der Waals surface area contributed by atoms with E-state index in [2.05, 4.69) is 6.58 Å². The quantitative estimate of drug-likeness (QED) is 0.299. The van der Waals surface area contributed by atoms with Crippen LogP contribution < -0.4 is 0 Å². The van der Waals surface area contributed by atoms with Crippen LogP contribution in [-0.2, 0) is 4.74 Å². The number of hydrogen-bond acceptors (Lipinski definition) is 1. The van der Waals surface area contributed by atoms with E-state index in [9.17, 15) is 0 Å². The van der Waals surface area contributed by atoms with E-state index in [0.717, 1.165) is 6.42 Å². The Hall–Kier alpha value is 0.627. The molecule has 0 bridgehead atoms. The Balaban J connectivity index is 3.12. The third-order valence-corrected chi connectivity index (χ3v) is 3.46. The second-order valence-electron chi connectivity index (χ2n) is 1.76. The van der Waals surface area contributed by atoms with Gasteiger partial charge in [0.05, 0.1) is 12.9 Å². The van der Waals surface area contributed by atoms with Crippen molar-refractivity contribution in [1.29, 1.82) is 0 Å². The lowest BCUT2D eigenvalue weighted by Crippen LogP contribution is -2.09. The minimum absolute atomic E-state index is 0.588. The number of rotatable bonds is 5. The van der Waals surface area contributed by atoms with Crippen molar-refractivity contribution in [2.75, 3.05) is 6.61 Å². The molecular weight excluding hydrogens is 210 g/mol. The van der Waals surface area contributed by atoms with Gasteiger partial charge in [0.2, 0.25) is 0 Å². The Bertz CT molecular complexity index is 102. The number of halogens is 3. The second-order valence-corrected chi connectivity index (χ2v) is 11.0. The maximum atomic E-state index is 5.60. The Morgan fingerprint density at radius 2 is 2.00 bits per heavy atom. The smallest absolute Gasteiger partial charge is 0.341 e. The van der Waals surface area contributed by atoms with Gasteiger partial charge in [0.1, 0.15) is 0 Å². The topological polar surface area (TPSA) is 9.23 Å². The summed E-state index contributed by atoms with van der Waals surface area (Å²) in [4.78, 5) is 0. The highest BCUT2D eigenvalue weighted by molar-refractivity contribution is 7.64. The van der Waals surface area contributed by atoms with Crippen LogP contribution in [0.1, 0.15) is 6.42 Å². The van der Waals surface area contributed by atoms with Gasteiger partial charge in [-0.2, -0.15) is 0 Å². The van der Waals surface area contributed by atoms with E-state index in [1.54, 1.807) is 0 Å². The molecule has 10 heavy (non-hydrogen) atoms. The summed E-state index contributed by atoms with van der Waals surface area (Å²) in [6.07, 6.45) is 2.18. The number of ether oxygens (including phenoxy) is 1. The van der Waals surface area contributed by atoms with Crippen LogP contribution in [0.2, 0.25) is 6.04 Å². The van der Waals surface area contributed by atoms with Crippen molar-refractivity contribution in [3.8, 4) is 0 Å². The zero-order valence-corrected chi connectivity index (χ0v) is 8.72. The lowest BCUT2D eigenvalue weighted by atomic mass is 10.5. The van der Waals surface area contributed by atoms with Crippen molar-refractivity contribution in [3.05, 3.63) is 12.8 Å². The molecule has 0 N–H and O–H groups in total. The largest absolute Gasteiger partial charge is 0.502 e. The molecule has 1 nitrogen and oxygen atoms in total. The fraction of sp³-hybridized carbons (Fsp3) is 0.600. The molecule has 0 aliphatic heterocycles. The molecule has 5 heteroatoms. The molecule has 0 radical (unpaired) electrons. The summed E-state index contributed by atoms with van der Waals surface area (Å²) in [5, 5.41) is 0. The van der Waals surface area contributed by atoms with Crippen LogP contribution in [0.25, 0.3) is 0 Å². The van der Waals surface area contributed by atoms with Gasteiger partial charge < -0.3 is 4.74 Å². The molecule has 0 spiro atoms. The molecule has 0 aromatic carbocycles. The van der Waals surface area contributed by atoms with E-state index in [1.807, 2.05) is 0 Å². The van der Waals surface area contributed by atoms with Crippen molar-refractivity contribution < 1.29 is 4.74 Å². The van der Waals surface area contributed by atoms with Gasteiger partial charge in [-0.05, 0) is 12.5 Å². The van der Waals surface area contributed by atoms with Gasteiger partial charge in [-0.3, -0.25) is 0 Å². The Labute approximate surface area is 76.0 Å². The molecule has 0 saturated carbocycles. The van der Waals surface area contributed by atoms with Crippen LogP contribution in [0, 0.1) is 0 Å². The first kappa shape index (κ1) is 10.6. The molecule has 0 atom stereocenters. The molecule has 0 aliphatic carbocycles. The molecule has 60 valence electrons. The van der Waals surface area contributed by atoms with Gasteiger partial charge in [0, 0.05) is 0 Å². The maximum Gasteiger partial charge on any atom is 0.341 e. The molecule has 0 aromatic rings. The molecule has 0 aromatic heterocycles. The minimum Gasteiger partial charge on any atom is -0.502 e. The lowest BCUT2D eigenvalue weighted by molar-refractivity contribution is 0.251. The van der Waals surface area contributed by atoms with Crippen LogP contribution >= 0.6 is 33.2 Å². The Morgan fingerprint density at radius 1 is 1.40 bits per heavy atom. The van der Waals surface area contributed by atoms with Crippen LogP contribution in [0.15, 0.2) is 12.8 Å². The van der Waals surface area contributed by atoms with Gasteiger partial charge in [-0.1, -0.05) is 6.58 Å². The van der Waals surface area contributed by atoms with Crippen molar-refractivity contribution in [2.45, 2.75) is 12.5 Å². The molecule has 0 heterocycles. The number of hydrogen-bond donors (Lipinski definition) is 0. The summed E-state index contributed by atoms with van der Waals surface area (Å²) in [5.74, 6) is 0. The average Bonchev–Trinajstić information content (AvgIpc) is 1.78. The molecule has 0 aliphatic rings. The summed E-state index contributed by atoms with van der Waals surface area (Å²) in [6.45, 7) is 3.97. The summed E-state index contributed by atoms with van der Waals surface area (Å²) >= 11 is 16.8. The molecule has 0 amide bonds. The van der Waals surface area contributed by atoms with E-state index >= 15 is 0 Å². The third kappa shape index (κ3) is 8.63. The monoisotopic (exact) mass is 218 g/mol. The Kier molecular flexibility index (Phi) is 5.63. The van der Waals surface area contributed by atoms with Crippen molar-refractivity contribution in [3.63, 3.8) is 0 Å². The lowest BCUT2D eigenvalue weighted by Gasteiger charge is -2.05. The zero-order chi connectivity index (χ0) is 8.04. The SMILES string of the molecule is C=COCCC[Si](Cl)(Cl)Cl. The summed E-state index contributed by atoms with van der Waals surface area (Å²) in [6, 6.07) is -1.76. The van der Waals surface area contributed by atoms with Crippen LogP contribution in [0.4, 0.5) is 0 Å². The predicted octanol–water partition coefficient (Wildman–Crippen LogP) is 3.19. The summed E-state index contributed by atoms with van der Waals surface area (Å²) in [5.41, 5.74) is 0. The van der Waals surface area contributed by atoms with Crippen molar-refractivity contribution in [2.24, 2.45) is 0 Å². The zero-order valence-electron chi connectivity index (χ0n) is 5.45. The highest BCUT2D eigenvalue weighted by Gasteiger charge is 2.23. The van der Waals surface area contributed by atoms with Crippen LogP contribution in [0.5, 0.6) is 0 Å². The van der Waals surface area contributed by atoms with Gasteiger partial charge in [-0.25, -0.2) is 0 Å². The average molecular weight is 220 g/mol. The fourth-order valence-electron chi connectivity index (χ4n) is 0.439. The van der Waals surface area contributed by atoms with Crippen molar-refractivity contribution >= 4 is 39.2 Å². The van der Waals surface area contributed by atoms with Gasteiger partial charge in [0.25, 0.3) is 0 Å². The maximum absolute atomic E-state index is 5.60. The van der Waals surface area contributed by atoms with Gasteiger partial charge in [0.15, 0.2) is 0 Å². The van der Waals surface area contributed by atoms with E-state index in [1.165, 1.54) is 6.26 Å². The van der Waals surface area contributed by atoms with E-state index in [4.69, 9.17) is 38.0 Å². The van der Waals surface area contributed by atoms with Crippen LogP contribution in [0.3, 0.4) is 0 Å². The van der Waals surface area contributed by atoms with Crippen molar-refractivity contribution in [1.82, 2.24) is 0 Å². The highest BCUT2D eigenvalue weighted by Crippen LogP contribution is 2.26. The van der Waals surface area contributed by atoms with E-state index in [0.29, 0.717) is 12.7 Å². The molecule has 0 fully saturated rings. The predicted molar refractivity (Wildman–Crippen MR) is 48.9 cm³/mol. The third-order valence-electron chi connectivity index (χ3n) is 0.840. The van der Waals surface area contributed by atoms with Gasteiger partial charge >= 0.3 is 6.00 Å². The normalized spacial score (nSPS) is 11.1. The van der Waals surface area contributed by atoms with E-state index < -0.39 is 6.00 Å². The standard InChI is InChI=1S/C5H9Cl3OSi/c1-2-9-4-3-5-10(6,7)8/h2H,1,3-5H2. The molecule has 0 rings (SSSR count). The fourth-order valence-corrected chi connectivity index (χ4v) is 2.19. The second kappa shape index (κ2) is 5.30.